The number of carbonyl (C=O) groups is 1. The molecule has 1 aliphatic rings. The number of methoxy groups -OCH3 is 2. The second-order valence-corrected chi connectivity index (χ2v) is 8.66. The summed E-state index contributed by atoms with van der Waals surface area (Å²) in [5, 5.41) is 0. The highest BCUT2D eigenvalue weighted by molar-refractivity contribution is 7.92. The molecule has 9 heteroatoms. The van der Waals surface area contributed by atoms with Crippen LogP contribution >= 0.6 is 0 Å². The lowest BCUT2D eigenvalue weighted by Crippen LogP contribution is -2.32. The number of hydrogen-bond donors (Lipinski definition) is 1. The van der Waals surface area contributed by atoms with Gasteiger partial charge in [0.2, 0.25) is 0 Å². The number of amides is 2. The van der Waals surface area contributed by atoms with Crippen molar-refractivity contribution < 1.29 is 22.7 Å². The molecule has 0 aromatic heterocycles. The topological polar surface area (TPSA) is 88.2 Å². The van der Waals surface area contributed by atoms with Gasteiger partial charge in [-0.05, 0) is 30.7 Å². The van der Waals surface area contributed by atoms with Gasteiger partial charge in [-0.25, -0.2) is 13.2 Å². The average Bonchev–Trinajstić information content (AvgIpc) is 3.11. The van der Waals surface area contributed by atoms with Gasteiger partial charge in [0.05, 0.1) is 24.8 Å². The minimum Gasteiger partial charge on any atom is -0.497 e. The monoisotopic (exact) mass is 433 g/mol. The van der Waals surface area contributed by atoms with Gasteiger partial charge in [-0.1, -0.05) is 13.3 Å². The molecule has 1 N–H and O–H groups in total. The number of urea groups is 1. The van der Waals surface area contributed by atoms with Crippen molar-refractivity contribution in [1.82, 2.24) is 4.90 Å². The fourth-order valence-electron chi connectivity index (χ4n) is 3.26. The number of anilines is 2. The summed E-state index contributed by atoms with van der Waals surface area (Å²) < 4.78 is 38.5. The van der Waals surface area contributed by atoms with Crippen LogP contribution in [0.1, 0.15) is 19.8 Å². The Morgan fingerprint density at radius 2 is 1.63 bits per heavy atom. The summed E-state index contributed by atoms with van der Waals surface area (Å²) in [5.74, 6) is 0.949. The summed E-state index contributed by atoms with van der Waals surface area (Å²) in [7, 11) is -0.825. The van der Waals surface area contributed by atoms with Crippen molar-refractivity contribution in [2.45, 2.75) is 24.7 Å². The van der Waals surface area contributed by atoms with E-state index in [9.17, 15) is 13.2 Å². The van der Waals surface area contributed by atoms with Crippen molar-refractivity contribution >= 4 is 27.4 Å². The number of sulfonamides is 1. The number of ether oxygens (including phenoxy) is 2. The van der Waals surface area contributed by atoms with Crippen LogP contribution in [-0.2, 0) is 10.0 Å². The predicted molar refractivity (Wildman–Crippen MR) is 116 cm³/mol. The lowest BCUT2D eigenvalue weighted by Gasteiger charge is -2.19. The van der Waals surface area contributed by atoms with Crippen LogP contribution in [-0.4, -0.2) is 53.2 Å². The van der Waals surface area contributed by atoms with E-state index in [0.29, 0.717) is 36.0 Å². The van der Waals surface area contributed by atoms with Gasteiger partial charge in [0, 0.05) is 43.5 Å². The van der Waals surface area contributed by atoms with E-state index in [1.54, 1.807) is 35.2 Å². The summed E-state index contributed by atoms with van der Waals surface area (Å²) in [4.78, 5) is 16.2. The molecule has 1 saturated heterocycles. The number of hydrogen-bond acceptors (Lipinski definition) is 5. The third-order valence-corrected chi connectivity index (χ3v) is 6.34. The molecule has 2 aromatic rings. The van der Waals surface area contributed by atoms with Gasteiger partial charge in [-0.3, -0.25) is 9.62 Å². The van der Waals surface area contributed by atoms with Crippen LogP contribution in [0.4, 0.5) is 16.2 Å². The molecule has 30 heavy (non-hydrogen) atoms. The zero-order valence-electron chi connectivity index (χ0n) is 17.4. The lowest BCUT2D eigenvalue weighted by molar-refractivity contribution is 0.220. The molecule has 0 aliphatic carbocycles. The van der Waals surface area contributed by atoms with E-state index in [1.807, 2.05) is 4.90 Å². The molecule has 1 aliphatic heterocycles. The number of nitrogens with zero attached hydrogens (tertiary/aromatic N) is 2. The maximum Gasteiger partial charge on any atom is 0.324 e. The zero-order chi connectivity index (χ0) is 21.7. The summed E-state index contributed by atoms with van der Waals surface area (Å²) >= 11 is 0. The second kappa shape index (κ2) is 9.25. The number of nitrogens with one attached hydrogen (secondary N) is 1. The van der Waals surface area contributed by atoms with Crippen LogP contribution < -0.4 is 19.1 Å². The van der Waals surface area contributed by atoms with E-state index >= 15 is 0 Å². The highest BCUT2D eigenvalue weighted by Crippen LogP contribution is 2.28. The predicted octanol–water partition coefficient (Wildman–Crippen LogP) is 3.55. The zero-order valence-corrected chi connectivity index (χ0v) is 18.2. The Balaban J connectivity index is 1.75. The third kappa shape index (κ3) is 4.79. The summed E-state index contributed by atoms with van der Waals surface area (Å²) in [6.07, 6.45) is 2.00. The van der Waals surface area contributed by atoms with Crippen LogP contribution in [0.25, 0.3) is 0 Å². The lowest BCUT2D eigenvalue weighted by atomic mass is 10.3. The molecular formula is C21H27N3O5S. The van der Waals surface area contributed by atoms with Gasteiger partial charge in [-0.2, -0.15) is 0 Å². The van der Waals surface area contributed by atoms with E-state index in [0.717, 1.165) is 19.4 Å². The van der Waals surface area contributed by atoms with Gasteiger partial charge in [0.25, 0.3) is 10.0 Å². The average molecular weight is 434 g/mol. The summed E-state index contributed by atoms with van der Waals surface area (Å²) in [6.45, 7) is 4.11. The molecule has 0 saturated carbocycles. The van der Waals surface area contributed by atoms with Crippen molar-refractivity contribution in [3.05, 3.63) is 42.5 Å². The minimum atomic E-state index is -3.81. The number of unbranched alkanes of at least 4 members (excludes halogenated alkanes) is 1. The van der Waals surface area contributed by atoms with E-state index < -0.39 is 10.0 Å². The van der Waals surface area contributed by atoms with E-state index in [1.165, 1.54) is 26.4 Å². The van der Waals surface area contributed by atoms with Crippen LogP contribution in [0.15, 0.2) is 47.4 Å². The normalized spacial score (nSPS) is 14.2. The summed E-state index contributed by atoms with van der Waals surface area (Å²) in [6, 6.07) is 11.1. The summed E-state index contributed by atoms with van der Waals surface area (Å²) in [5.41, 5.74) is 1.01. The van der Waals surface area contributed by atoms with Gasteiger partial charge >= 0.3 is 6.03 Å². The molecule has 0 atom stereocenters. The molecular weight excluding hydrogens is 406 g/mol. The fraction of sp³-hybridized carbons (Fsp3) is 0.381. The van der Waals surface area contributed by atoms with Crippen LogP contribution in [0.5, 0.6) is 11.5 Å². The van der Waals surface area contributed by atoms with Gasteiger partial charge < -0.3 is 14.4 Å². The Kier molecular flexibility index (Phi) is 6.71. The van der Waals surface area contributed by atoms with Gasteiger partial charge in [0.15, 0.2) is 0 Å². The number of rotatable bonds is 9. The Hall–Kier alpha value is -2.94. The number of benzene rings is 2. The quantitative estimate of drug-likeness (QED) is 0.653. The van der Waals surface area contributed by atoms with Crippen LogP contribution in [0.2, 0.25) is 0 Å². The van der Waals surface area contributed by atoms with E-state index in [4.69, 9.17) is 9.47 Å². The van der Waals surface area contributed by atoms with Crippen molar-refractivity contribution in [2.24, 2.45) is 0 Å². The molecule has 3 rings (SSSR count). The highest BCUT2D eigenvalue weighted by Gasteiger charge is 2.29. The molecule has 0 unspecified atom stereocenters. The van der Waals surface area contributed by atoms with Crippen molar-refractivity contribution in [3.8, 4) is 11.5 Å². The maximum absolute atomic E-state index is 12.8. The Morgan fingerprint density at radius 3 is 2.20 bits per heavy atom. The van der Waals surface area contributed by atoms with Gasteiger partial charge in [-0.15, -0.1) is 0 Å². The molecule has 0 radical (unpaired) electrons. The molecule has 2 amide bonds. The largest absolute Gasteiger partial charge is 0.497 e. The van der Waals surface area contributed by atoms with Crippen LogP contribution in [0.3, 0.4) is 0 Å². The first-order chi connectivity index (χ1) is 14.4. The van der Waals surface area contributed by atoms with E-state index in [-0.39, 0.29) is 10.9 Å². The first-order valence-corrected chi connectivity index (χ1v) is 11.3. The van der Waals surface area contributed by atoms with E-state index in [2.05, 4.69) is 11.6 Å². The van der Waals surface area contributed by atoms with Crippen molar-refractivity contribution in [3.63, 3.8) is 0 Å². The second-order valence-electron chi connectivity index (χ2n) is 6.98. The fourth-order valence-corrected chi connectivity index (χ4v) is 4.30. The minimum absolute atomic E-state index is 0.0411. The Morgan fingerprint density at radius 1 is 1.00 bits per heavy atom. The first-order valence-electron chi connectivity index (χ1n) is 9.80. The van der Waals surface area contributed by atoms with Gasteiger partial charge in [0.1, 0.15) is 11.5 Å². The molecule has 1 heterocycles. The Labute approximate surface area is 177 Å². The standard InChI is InChI=1S/C21H27N3O5S/c1-4-5-10-23-11-12-24(21(23)25)17-6-8-20(9-7-17)30(26,27)22-16-13-18(28-2)15-19(14-16)29-3/h6-9,13-15,22H,4-5,10-12H2,1-3H3. The first kappa shape index (κ1) is 21.8. The number of carbonyl (C=O) groups excluding carboxylic acids is 1. The Bertz CT molecular complexity index is 970. The SMILES string of the molecule is CCCCN1CCN(c2ccc(S(=O)(=O)Nc3cc(OC)cc(OC)c3)cc2)C1=O. The highest BCUT2D eigenvalue weighted by atomic mass is 32.2. The molecule has 162 valence electrons. The molecule has 8 nitrogen and oxygen atoms in total. The van der Waals surface area contributed by atoms with Crippen LogP contribution in [0, 0.1) is 0 Å². The molecule has 2 aromatic carbocycles. The smallest absolute Gasteiger partial charge is 0.324 e. The third-order valence-electron chi connectivity index (χ3n) is 4.94. The maximum atomic E-state index is 12.8. The molecule has 1 fully saturated rings. The molecule has 0 bridgehead atoms. The van der Waals surface area contributed by atoms with Crippen molar-refractivity contribution in [1.29, 1.82) is 0 Å². The van der Waals surface area contributed by atoms with Crippen molar-refractivity contribution in [2.75, 3.05) is 43.5 Å². The molecule has 0 spiro atoms.